The molecule has 2 heterocycles. The van der Waals surface area contributed by atoms with E-state index in [1.54, 1.807) is 28.8 Å². The first-order chi connectivity index (χ1) is 19.1. The molecular weight excluding hydrogens is 535 g/mol. The molecule has 5 rings (SSSR count). The van der Waals surface area contributed by atoms with Crippen molar-refractivity contribution < 1.29 is 22.3 Å². The summed E-state index contributed by atoms with van der Waals surface area (Å²) in [5, 5.41) is 10.3. The molecule has 204 valence electrons. The zero-order valence-electron chi connectivity index (χ0n) is 21.5. The first-order valence-corrected chi connectivity index (χ1v) is 13.9. The molecule has 0 aliphatic carbocycles. The molecule has 5 aromatic rings. The molecule has 0 saturated carbocycles. The van der Waals surface area contributed by atoms with Gasteiger partial charge in [-0.25, -0.2) is 17.3 Å². The summed E-state index contributed by atoms with van der Waals surface area (Å²) in [7, 11) is -1.93. The molecule has 10 nitrogen and oxygen atoms in total. The fraction of sp³-hybridized carbons (Fsp3) is 0.107. The van der Waals surface area contributed by atoms with Crippen molar-refractivity contribution in [2.45, 2.75) is 10.9 Å². The smallest absolute Gasteiger partial charge is 0.247 e. The molecule has 0 aliphatic rings. The van der Waals surface area contributed by atoms with Crippen LogP contribution >= 0.6 is 0 Å². The number of sulfone groups is 1. The van der Waals surface area contributed by atoms with Gasteiger partial charge in [0, 0.05) is 29.8 Å². The van der Waals surface area contributed by atoms with Crippen LogP contribution in [-0.4, -0.2) is 42.3 Å². The van der Waals surface area contributed by atoms with Crippen LogP contribution in [0.15, 0.2) is 90.0 Å². The van der Waals surface area contributed by atoms with E-state index in [1.807, 2.05) is 30.5 Å². The molecule has 12 heteroatoms. The Labute approximate surface area is 229 Å². The molecule has 1 atom stereocenters. The predicted molar refractivity (Wildman–Crippen MR) is 150 cm³/mol. The third-order valence-corrected chi connectivity index (χ3v) is 7.26. The minimum Gasteiger partial charge on any atom is -0.495 e. The van der Waals surface area contributed by atoms with Crippen LogP contribution < -0.4 is 21.1 Å². The number of pyridine rings is 1. The van der Waals surface area contributed by atoms with Crippen molar-refractivity contribution in [3.8, 4) is 16.9 Å². The van der Waals surface area contributed by atoms with Crippen LogP contribution in [0.5, 0.6) is 5.75 Å². The van der Waals surface area contributed by atoms with Crippen LogP contribution in [0.2, 0.25) is 0 Å². The highest BCUT2D eigenvalue weighted by atomic mass is 32.2. The van der Waals surface area contributed by atoms with Crippen molar-refractivity contribution >= 4 is 38.7 Å². The number of halogens is 1. The Hall–Kier alpha value is -4.81. The van der Waals surface area contributed by atoms with Gasteiger partial charge in [0.1, 0.15) is 17.6 Å². The van der Waals surface area contributed by atoms with Gasteiger partial charge in [-0.05, 0) is 59.7 Å². The van der Waals surface area contributed by atoms with Gasteiger partial charge in [-0.15, -0.1) is 5.10 Å². The molecule has 0 spiro atoms. The highest BCUT2D eigenvalue weighted by molar-refractivity contribution is 7.90. The van der Waals surface area contributed by atoms with E-state index in [1.165, 1.54) is 37.4 Å². The van der Waals surface area contributed by atoms with Gasteiger partial charge >= 0.3 is 0 Å². The number of carbonyl (C=O) groups excluding carboxylic acids is 1. The number of hydrogen-bond acceptors (Lipinski definition) is 8. The topological polar surface area (TPSA) is 141 Å². The molecular formula is C28H25FN6O4S. The van der Waals surface area contributed by atoms with E-state index in [4.69, 9.17) is 10.5 Å². The van der Waals surface area contributed by atoms with E-state index < -0.39 is 27.6 Å². The first kappa shape index (κ1) is 26.8. The molecule has 0 saturated heterocycles. The van der Waals surface area contributed by atoms with Gasteiger partial charge < -0.3 is 21.1 Å². The molecule has 4 N–H and O–H groups in total. The lowest BCUT2D eigenvalue weighted by Crippen LogP contribution is -2.27. The molecule has 3 aromatic carbocycles. The molecule has 0 radical (unpaired) electrons. The Balaban J connectivity index is 1.31. The largest absolute Gasteiger partial charge is 0.495 e. The second kappa shape index (κ2) is 10.8. The van der Waals surface area contributed by atoms with E-state index in [2.05, 4.69) is 20.7 Å². The van der Waals surface area contributed by atoms with Gasteiger partial charge in [0.25, 0.3) is 0 Å². The SMILES string of the molecule is COc1cc(S(C)(=O)=O)ccc1Nc1nc2ccc(-c3ccc(NC(=O)[C@H](N)c4cccc(F)c4)cc3)cn2n1. The highest BCUT2D eigenvalue weighted by Crippen LogP contribution is 2.30. The molecule has 2 aromatic heterocycles. The number of benzene rings is 3. The quantitative estimate of drug-likeness (QED) is 0.255. The van der Waals surface area contributed by atoms with E-state index >= 15 is 0 Å². The number of anilines is 3. The lowest BCUT2D eigenvalue weighted by atomic mass is 10.1. The summed E-state index contributed by atoms with van der Waals surface area (Å²) in [5.41, 5.74) is 9.75. The minimum absolute atomic E-state index is 0.141. The van der Waals surface area contributed by atoms with Gasteiger partial charge in [-0.1, -0.05) is 24.3 Å². The summed E-state index contributed by atoms with van der Waals surface area (Å²) < 4.78 is 44.1. The minimum atomic E-state index is -3.38. The highest BCUT2D eigenvalue weighted by Gasteiger charge is 2.17. The zero-order chi connectivity index (χ0) is 28.4. The van der Waals surface area contributed by atoms with E-state index in [9.17, 15) is 17.6 Å². The van der Waals surface area contributed by atoms with Crippen molar-refractivity contribution in [2.75, 3.05) is 24.0 Å². The lowest BCUT2D eigenvalue weighted by molar-refractivity contribution is -0.117. The van der Waals surface area contributed by atoms with Crippen LogP contribution in [-0.2, 0) is 14.6 Å². The maximum atomic E-state index is 13.5. The Morgan fingerprint density at radius 2 is 1.77 bits per heavy atom. The molecule has 0 fully saturated rings. The van der Waals surface area contributed by atoms with E-state index in [-0.39, 0.29) is 4.90 Å². The summed E-state index contributed by atoms with van der Waals surface area (Å²) in [6.45, 7) is 0. The zero-order valence-corrected chi connectivity index (χ0v) is 22.3. The average Bonchev–Trinajstić information content (AvgIpc) is 3.34. The van der Waals surface area contributed by atoms with Gasteiger partial charge in [-0.2, -0.15) is 4.98 Å². The second-order valence-electron chi connectivity index (χ2n) is 9.01. The fourth-order valence-electron chi connectivity index (χ4n) is 4.05. The number of methoxy groups -OCH3 is 1. The number of carbonyl (C=O) groups is 1. The van der Waals surface area contributed by atoms with Crippen LogP contribution in [0, 0.1) is 5.82 Å². The summed E-state index contributed by atoms with van der Waals surface area (Å²) in [4.78, 5) is 17.2. The molecule has 0 aliphatic heterocycles. The number of nitrogens with one attached hydrogen (secondary N) is 2. The monoisotopic (exact) mass is 560 g/mol. The van der Waals surface area contributed by atoms with Gasteiger partial charge in [-0.3, -0.25) is 4.79 Å². The van der Waals surface area contributed by atoms with Crippen LogP contribution in [0.1, 0.15) is 11.6 Å². The van der Waals surface area contributed by atoms with Crippen molar-refractivity contribution in [3.05, 3.63) is 96.4 Å². The van der Waals surface area contributed by atoms with Crippen molar-refractivity contribution in [2.24, 2.45) is 5.73 Å². The molecule has 0 unspecified atom stereocenters. The Morgan fingerprint density at radius 1 is 1.02 bits per heavy atom. The number of rotatable bonds is 8. The maximum absolute atomic E-state index is 13.5. The molecule has 1 amide bonds. The molecule has 40 heavy (non-hydrogen) atoms. The Bertz CT molecular complexity index is 1820. The van der Waals surface area contributed by atoms with Gasteiger partial charge in [0.05, 0.1) is 17.7 Å². The number of nitrogens with two attached hydrogens (primary N) is 1. The fourth-order valence-corrected chi connectivity index (χ4v) is 4.69. The normalized spacial score (nSPS) is 12.2. The Kier molecular flexibility index (Phi) is 7.20. The van der Waals surface area contributed by atoms with Crippen LogP contribution in [0.3, 0.4) is 0 Å². The predicted octanol–water partition coefficient (Wildman–Crippen LogP) is 4.33. The van der Waals surface area contributed by atoms with E-state index in [0.29, 0.717) is 34.3 Å². The number of fused-ring (bicyclic) bond motifs is 1. The number of amides is 1. The van der Waals surface area contributed by atoms with E-state index in [0.717, 1.165) is 17.4 Å². The van der Waals surface area contributed by atoms with Crippen molar-refractivity contribution in [1.82, 2.24) is 14.6 Å². The van der Waals surface area contributed by atoms with Gasteiger partial charge in [0.2, 0.25) is 11.9 Å². The number of hydrogen-bond donors (Lipinski definition) is 3. The van der Waals surface area contributed by atoms with Gasteiger partial charge in [0.15, 0.2) is 15.5 Å². The first-order valence-electron chi connectivity index (χ1n) is 12.0. The maximum Gasteiger partial charge on any atom is 0.247 e. The summed E-state index contributed by atoms with van der Waals surface area (Å²) in [6, 6.07) is 20.0. The van der Waals surface area contributed by atoms with Crippen LogP contribution in [0.25, 0.3) is 16.8 Å². The number of nitrogens with zero attached hydrogens (tertiary/aromatic N) is 3. The standard InChI is InChI=1S/C28H25FN6O4S/c1-39-24-15-22(40(2,37)38)11-12-23(24)32-28-33-25-13-8-19(16-35(25)34-28)17-6-9-21(10-7-17)31-27(36)26(30)18-4-3-5-20(29)14-18/h3-16,26H,30H2,1-2H3,(H,31,36)(H,32,34)/t26-/m1/s1. The number of ether oxygens (including phenoxy) is 1. The lowest BCUT2D eigenvalue weighted by Gasteiger charge is -2.13. The summed E-state index contributed by atoms with van der Waals surface area (Å²) in [5.74, 6) is -0.271. The Morgan fingerprint density at radius 3 is 2.48 bits per heavy atom. The third-order valence-electron chi connectivity index (χ3n) is 6.15. The number of aromatic nitrogens is 3. The van der Waals surface area contributed by atoms with Crippen molar-refractivity contribution in [1.29, 1.82) is 0 Å². The summed E-state index contributed by atoms with van der Waals surface area (Å²) >= 11 is 0. The second-order valence-corrected chi connectivity index (χ2v) is 11.0. The molecule has 0 bridgehead atoms. The third kappa shape index (κ3) is 5.77. The van der Waals surface area contributed by atoms with Crippen molar-refractivity contribution in [3.63, 3.8) is 0 Å². The summed E-state index contributed by atoms with van der Waals surface area (Å²) in [6.07, 6.45) is 2.94. The average molecular weight is 561 g/mol. The van der Waals surface area contributed by atoms with Crippen LogP contribution in [0.4, 0.5) is 21.7 Å².